The third kappa shape index (κ3) is 7.05. The van der Waals surface area contributed by atoms with Gasteiger partial charge in [0.2, 0.25) is 0 Å². The van der Waals surface area contributed by atoms with Crippen molar-refractivity contribution >= 4 is 11.5 Å². The third-order valence-corrected chi connectivity index (χ3v) is 5.18. The smallest absolute Gasteiger partial charge is 0.311 e. The van der Waals surface area contributed by atoms with E-state index in [-0.39, 0.29) is 5.97 Å². The summed E-state index contributed by atoms with van der Waals surface area (Å²) in [5.74, 6) is 1.41. The van der Waals surface area contributed by atoms with Crippen molar-refractivity contribution in [2.75, 3.05) is 0 Å². The quantitative estimate of drug-likeness (QED) is 0.261. The van der Waals surface area contributed by atoms with E-state index in [2.05, 4.69) is 32.1 Å². The van der Waals surface area contributed by atoms with Crippen LogP contribution in [0.15, 0.2) is 30.3 Å². The Morgan fingerprint density at radius 2 is 1.80 bits per heavy atom. The highest BCUT2D eigenvalue weighted by Crippen LogP contribution is 2.33. The van der Waals surface area contributed by atoms with Crippen molar-refractivity contribution in [1.29, 1.82) is 0 Å². The summed E-state index contributed by atoms with van der Waals surface area (Å²) in [5.41, 5.74) is 2.73. The Hall–Kier alpha value is -1.57. The highest BCUT2D eigenvalue weighted by Gasteiger charge is 2.15. The van der Waals surface area contributed by atoms with Crippen molar-refractivity contribution in [3.63, 3.8) is 0 Å². The van der Waals surface area contributed by atoms with Crippen molar-refractivity contribution < 1.29 is 9.53 Å². The molecule has 1 aromatic rings. The van der Waals surface area contributed by atoms with Crippen LogP contribution in [0.25, 0.3) is 5.57 Å². The van der Waals surface area contributed by atoms with Gasteiger partial charge in [-0.25, -0.2) is 0 Å². The molecule has 1 aliphatic rings. The second-order valence-corrected chi connectivity index (χ2v) is 7.32. The molecule has 0 heterocycles. The molecule has 0 fully saturated rings. The summed E-state index contributed by atoms with van der Waals surface area (Å²) in [4.78, 5) is 11.7. The summed E-state index contributed by atoms with van der Waals surface area (Å²) in [6.07, 6.45) is 15.4. The molecular weight excluding hydrogens is 308 g/mol. The van der Waals surface area contributed by atoms with Gasteiger partial charge in [0.1, 0.15) is 5.75 Å². The van der Waals surface area contributed by atoms with Crippen molar-refractivity contribution in [2.45, 2.75) is 84.5 Å². The van der Waals surface area contributed by atoms with Gasteiger partial charge in [0.05, 0.1) is 0 Å². The molecule has 138 valence electrons. The number of carbonyl (C=O) groups is 1. The summed E-state index contributed by atoms with van der Waals surface area (Å²) < 4.78 is 5.38. The largest absolute Gasteiger partial charge is 0.427 e. The Morgan fingerprint density at radius 1 is 1.04 bits per heavy atom. The van der Waals surface area contributed by atoms with E-state index in [9.17, 15) is 4.79 Å². The molecule has 0 saturated carbocycles. The van der Waals surface area contributed by atoms with E-state index in [1.165, 1.54) is 62.5 Å². The minimum absolute atomic E-state index is 0.127. The van der Waals surface area contributed by atoms with Gasteiger partial charge in [-0.3, -0.25) is 4.79 Å². The van der Waals surface area contributed by atoms with Gasteiger partial charge in [-0.15, -0.1) is 0 Å². The molecule has 0 spiro atoms. The molecule has 2 nitrogen and oxygen atoms in total. The highest BCUT2D eigenvalue weighted by molar-refractivity contribution is 5.73. The first-order valence-corrected chi connectivity index (χ1v) is 10.2. The van der Waals surface area contributed by atoms with Gasteiger partial charge in [0.25, 0.3) is 0 Å². The molecular formula is C23H34O2. The zero-order valence-electron chi connectivity index (χ0n) is 16.1. The first-order chi connectivity index (χ1) is 12.2. The number of carbonyl (C=O) groups excluding carboxylic acids is 1. The maximum atomic E-state index is 11.7. The monoisotopic (exact) mass is 342 g/mol. The van der Waals surface area contributed by atoms with Crippen LogP contribution in [0.4, 0.5) is 0 Å². The number of hydrogen-bond acceptors (Lipinski definition) is 2. The first kappa shape index (κ1) is 19.8. The van der Waals surface area contributed by atoms with E-state index in [1.54, 1.807) is 0 Å². The zero-order valence-corrected chi connectivity index (χ0v) is 16.1. The van der Waals surface area contributed by atoms with Crippen LogP contribution >= 0.6 is 0 Å². The molecule has 1 aromatic carbocycles. The summed E-state index contributed by atoms with van der Waals surface area (Å²) in [6.45, 7) is 4.35. The predicted octanol–water partition coefficient (Wildman–Crippen LogP) is 6.94. The number of ether oxygens (including phenoxy) is 1. The van der Waals surface area contributed by atoms with Crippen LogP contribution in [0.3, 0.4) is 0 Å². The van der Waals surface area contributed by atoms with Gasteiger partial charge < -0.3 is 4.74 Å². The Balaban J connectivity index is 1.80. The minimum atomic E-state index is -0.127. The fourth-order valence-corrected chi connectivity index (χ4v) is 3.51. The summed E-state index contributed by atoms with van der Waals surface area (Å²) >= 11 is 0. The fourth-order valence-electron chi connectivity index (χ4n) is 3.51. The number of esters is 1. The third-order valence-electron chi connectivity index (χ3n) is 5.18. The standard InChI is InChI=1S/C23H34O2/c1-3-5-7-8-9-19-11-13-20(14-12-19)21-15-17-22(18-16-21)25-23(24)10-6-4-2/h13,15-19H,3-12,14H2,1-2H3. The van der Waals surface area contributed by atoms with Crippen molar-refractivity contribution in [3.05, 3.63) is 35.9 Å². The number of rotatable bonds is 10. The summed E-state index contributed by atoms with van der Waals surface area (Å²) in [7, 11) is 0. The highest BCUT2D eigenvalue weighted by atomic mass is 16.5. The number of allylic oxidation sites excluding steroid dienone is 2. The maximum Gasteiger partial charge on any atom is 0.311 e. The van der Waals surface area contributed by atoms with E-state index >= 15 is 0 Å². The molecule has 1 unspecified atom stereocenters. The van der Waals surface area contributed by atoms with Crippen LogP contribution in [-0.2, 0) is 4.79 Å². The van der Waals surface area contributed by atoms with Crippen LogP contribution in [0.2, 0.25) is 0 Å². The van der Waals surface area contributed by atoms with Crippen molar-refractivity contribution in [1.82, 2.24) is 0 Å². The number of hydrogen-bond donors (Lipinski definition) is 0. The topological polar surface area (TPSA) is 26.3 Å². The van der Waals surface area contributed by atoms with Gasteiger partial charge >= 0.3 is 5.97 Å². The maximum absolute atomic E-state index is 11.7. The molecule has 2 rings (SSSR count). The van der Waals surface area contributed by atoms with Crippen molar-refractivity contribution in [3.8, 4) is 5.75 Å². The normalized spacial score (nSPS) is 17.2. The zero-order chi connectivity index (χ0) is 17.9. The fraction of sp³-hybridized carbons (Fsp3) is 0.609. The molecule has 0 N–H and O–H groups in total. The van der Waals surface area contributed by atoms with Crippen LogP contribution < -0.4 is 4.74 Å². The van der Waals surface area contributed by atoms with Crippen LogP contribution in [0.5, 0.6) is 5.75 Å². The minimum Gasteiger partial charge on any atom is -0.427 e. The lowest BCUT2D eigenvalue weighted by atomic mass is 9.84. The average molecular weight is 343 g/mol. The second-order valence-electron chi connectivity index (χ2n) is 7.32. The number of unbranched alkanes of at least 4 members (excludes halogenated alkanes) is 4. The van der Waals surface area contributed by atoms with E-state index in [1.807, 2.05) is 12.1 Å². The Bertz CT molecular complexity index is 542. The Morgan fingerprint density at radius 3 is 2.44 bits per heavy atom. The van der Waals surface area contributed by atoms with Gasteiger partial charge in [-0.1, -0.05) is 70.6 Å². The molecule has 1 aliphatic carbocycles. The van der Waals surface area contributed by atoms with E-state index in [0.29, 0.717) is 12.2 Å². The number of benzene rings is 1. The molecule has 0 amide bonds. The molecule has 0 aromatic heterocycles. The predicted molar refractivity (Wildman–Crippen MR) is 106 cm³/mol. The van der Waals surface area contributed by atoms with E-state index < -0.39 is 0 Å². The molecule has 25 heavy (non-hydrogen) atoms. The molecule has 2 heteroatoms. The summed E-state index contributed by atoms with van der Waals surface area (Å²) in [6, 6.07) is 8.04. The van der Waals surface area contributed by atoms with Crippen molar-refractivity contribution in [2.24, 2.45) is 5.92 Å². The van der Waals surface area contributed by atoms with E-state index in [0.717, 1.165) is 18.8 Å². The Kier molecular flexibility index (Phi) is 8.79. The molecule has 1 atom stereocenters. The van der Waals surface area contributed by atoms with Crippen LogP contribution in [0, 0.1) is 5.92 Å². The first-order valence-electron chi connectivity index (χ1n) is 10.2. The van der Waals surface area contributed by atoms with E-state index in [4.69, 9.17) is 4.74 Å². The average Bonchev–Trinajstić information content (AvgIpc) is 2.65. The van der Waals surface area contributed by atoms with Gasteiger partial charge in [0.15, 0.2) is 0 Å². The van der Waals surface area contributed by atoms with Gasteiger partial charge in [0, 0.05) is 6.42 Å². The summed E-state index contributed by atoms with van der Waals surface area (Å²) in [5, 5.41) is 0. The van der Waals surface area contributed by atoms with Crippen LogP contribution in [-0.4, -0.2) is 5.97 Å². The lowest BCUT2D eigenvalue weighted by Gasteiger charge is -2.22. The van der Waals surface area contributed by atoms with Crippen LogP contribution in [0.1, 0.15) is 90.0 Å². The lowest BCUT2D eigenvalue weighted by Crippen LogP contribution is -2.07. The SMILES string of the molecule is CCCCCCC1CC=C(c2ccc(OC(=O)CCCC)cc2)CC1. The molecule has 0 aliphatic heterocycles. The van der Waals surface area contributed by atoms with Gasteiger partial charge in [-0.2, -0.15) is 0 Å². The molecule has 0 saturated heterocycles. The second kappa shape index (κ2) is 11.1. The Labute approximate surface area is 153 Å². The molecule has 0 radical (unpaired) electrons. The van der Waals surface area contributed by atoms with Gasteiger partial charge in [-0.05, 0) is 54.9 Å². The molecule has 0 bridgehead atoms. The lowest BCUT2D eigenvalue weighted by molar-refractivity contribution is -0.134.